The van der Waals surface area contributed by atoms with Gasteiger partial charge >= 0.3 is 0 Å². The summed E-state index contributed by atoms with van der Waals surface area (Å²) in [5.41, 5.74) is 0.808. The van der Waals surface area contributed by atoms with Crippen molar-refractivity contribution in [1.82, 2.24) is 10.3 Å². The van der Waals surface area contributed by atoms with Crippen molar-refractivity contribution in [2.75, 3.05) is 6.61 Å². The van der Waals surface area contributed by atoms with Gasteiger partial charge in [0.2, 0.25) is 5.88 Å². The summed E-state index contributed by atoms with van der Waals surface area (Å²) < 4.78 is 25.5. The molecule has 1 aromatic carbocycles. The molecule has 5 nitrogen and oxygen atoms in total. The fraction of sp³-hybridized carbons (Fsp3) is 0.368. The molecule has 0 unspecified atom stereocenters. The van der Waals surface area contributed by atoms with Crippen LogP contribution in [0.2, 0.25) is 0 Å². The third kappa shape index (κ3) is 5.17. The number of rotatable bonds is 7. The number of carbonyl (C=O) groups excluding carboxylic acids is 1. The molecule has 3 rings (SSSR count). The van der Waals surface area contributed by atoms with E-state index in [1.54, 1.807) is 18.3 Å². The van der Waals surface area contributed by atoms with Crippen molar-refractivity contribution >= 4 is 21.8 Å². The van der Waals surface area contributed by atoms with Gasteiger partial charge in [0.25, 0.3) is 5.91 Å². The minimum atomic E-state index is -0.522. The van der Waals surface area contributed by atoms with Crippen LogP contribution >= 0.6 is 15.9 Å². The molecule has 1 saturated carbocycles. The zero-order valence-corrected chi connectivity index (χ0v) is 15.8. The van der Waals surface area contributed by atoms with Crippen LogP contribution in [0.3, 0.4) is 0 Å². The molecule has 1 aromatic heterocycles. The minimum Gasteiger partial charge on any atom is -0.481 e. The Morgan fingerprint density at radius 2 is 2.12 bits per heavy atom. The summed E-state index contributed by atoms with van der Waals surface area (Å²) >= 11 is 3.17. The molecular weight excluding hydrogens is 403 g/mol. The van der Waals surface area contributed by atoms with E-state index in [-0.39, 0.29) is 30.9 Å². The lowest BCUT2D eigenvalue weighted by atomic mass is 10.2. The van der Waals surface area contributed by atoms with E-state index in [1.165, 1.54) is 25.0 Å². The van der Waals surface area contributed by atoms with Gasteiger partial charge in [-0.25, -0.2) is 9.37 Å². The molecule has 2 aromatic rings. The van der Waals surface area contributed by atoms with Gasteiger partial charge in [-0.2, -0.15) is 0 Å². The highest BCUT2D eigenvalue weighted by molar-refractivity contribution is 9.10. The first-order chi connectivity index (χ1) is 12.6. The van der Waals surface area contributed by atoms with Gasteiger partial charge in [0.15, 0.2) is 18.2 Å². The Kier molecular flexibility index (Phi) is 6.44. The fourth-order valence-corrected chi connectivity index (χ4v) is 3.14. The lowest BCUT2D eigenvalue weighted by Gasteiger charge is -2.15. The van der Waals surface area contributed by atoms with Crippen molar-refractivity contribution in [3.05, 3.63) is 52.4 Å². The van der Waals surface area contributed by atoms with Crippen LogP contribution in [0.1, 0.15) is 31.2 Å². The summed E-state index contributed by atoms with van der Waals surface area (Å²) in [5.74, 6) is -0.274. The molecule has 1 N–H and O–H groups in total. The van der Waals surface area contributed by atoms with Gasteiger partial charge in [-0.1, -0.05) is 22.0 Å². The number of carbonyl (C=O) groups is 1. The molecule has 1 amide bonds. The van der Waals surface area contributed by atoms with Crippen LogP contribution in [0.5, 0.6) is 11.6 Å². The van der Waals surface area contributed by atoms with Gasteiger partial charge < -0.3 is 14.8 Å². The number of hydrogen-bond donors (Lipinski definition) is 1. The van der Waals surface area contributed by atoms with Crippen LogP contribution in [-0.2, 0) is 11.3 Å². The van der Waals surface area contributed by atoms with Gasteiger partial charge in [0.1, 0.15) is 6.10 Å². The second kappa shape index (κ2) is 8.98. The average Bonchev–Trinajstić information content (AvgIpc) is 3.13. The highest BCUT2D eigenvalue weighted by atomic mass is 79.9. The minimum absolute atomic E-state index is 0.0370. The highest BCUT2D eigenvalue weighted by Crippen LogP contribution is 2.25. The van der Waals surface area contributed by atoms with Gasteiger partial charge in [-0.3, -0.25) is 4.79 Å². The van der Waals surface area contributed by atoms with Crippen molar-refractivity contribution in [3.63, 3.8) is 0 Å². The first-order valence-corrected chi connectivity index (χ1v) is 9.36. The molecule has 1 aliphatic rings. The Bertz CT molecular complexity index is 766. The number of benzene rings is 1. The number of aromatic nitrogens is 1. The van der Waals surface area contributed by atoms with Crippen LogP contribution in [0.15, 0.2) is 41.0 Å². The SMILES string of the molecule is O=C(COc1ccc(Br)cc1F)NCc1cccnc1OC1CCCC1. The van der Waals surface area contributed by atoms with E-state index in [1.807, 2.05) is 6.07 Å². The van der Waals surface area contributed by atoms with E-state index < -0.39 is 5.82 Å². The number of nitrogens with one attached hydrogen (secondary N) is 1. The maximum absolute atomic E-state index is 13.7. The van der Waals surface area contributed by atoms with E-state index >= 15 is 0 Å². The number of halogens is 2. The maximum atomic E-state index is 13.7. The standard InChI is InChI=1S/C19H20BrFN2O3/c20-14-7-8-17(16(21)10-14)25-12-18(24)23-11-13-4-3-9-22-19(13)26-15-5-1-2-6-15/h3-4,7-10,15H,1-2,5-6,11-12H2,(H,23,24). The van der Waals surface area contributed by atoms with Crippen LogP contribution in [0.25, 0.3) is 0 Å². The first kappa shape index (κ1) is 18.6. The molecular formula is C19H20BrFN2O3. The smallest absolute Gasteiger partial charge is 0.258 e. The zero-order chi connectivity index (χ0) is 18.4. The predicted octanol–water partition coefficient (Wildman–Crippen LogP) is 4.00. The number of nitrogens with zero attached hydrogens (tertiary/aromatic N) is 1. The number of hydrogen-bond acceptors (Lipinski definition) is 4. The lowest BCUT2D eigenvalue weighted by molar-refractivity contribution is -0.123. The van der Waals surface area contributed by atoms with Gasteiger partial charge in [0.05, 0.1) is 0 Å². The number of ether oxygens (including phenoxy) is 2. The molecule has 1 heterocycles. The molecule has 0 aliphatic heterocycles. The monoisotopic (exact) mass is 422 g/mol. The highest BCUT2D eigenvalue weighted by Gasteiger charge is 2.18. The molecule has 7 heteroatoms. The van der Waals surface area contributed by atoms with Crippen molar-refractivity contribution in [3.8, 4) is 11.6 Å². The molecule has 0 atom stereocenters. The van der Waals surface area contributed by atoms with Crippen LogP contribution in [0.4, 0.5) is 4.39 Å². The summed E-state index contributed by atoms with van der Waals surface area (Å²) in [6.07, 6.45) is 6.29. The maximum Gasteiger partial charge on any atom is 0.258 e. The van der Waals surface area contributed by atoms with Crippen molar-refractivity contribution < 1.29 is 18.7 Å². The van der Waals surface area contributed by atoms with Crippen molar-refractivity contribution in [2.24, 2.45) is 0 Å². The Labute approximate surface area is 160 Å². The Morgan fingerprint density at radius 3 is 2.88 bits per heavy atom. The third-order valence-electron chi connectivity index (χ3n) is 4.16. The van der Waals surface area contributed by atoms with E-state index in [0.29, 0.717) is 10.4 Å². The predicted molar refractivity (Wildman–Crippen MR) is 98.6 cm³/mol. The number of amides is 1. The Balaban J connectivity index is 1.51. The zero-order valence-electron chi connectivity index (χ0n) is 14.2. The van der Waals surface area contributed by atoms with E-state index in [9.17, 15) is 9.18 Å². The quantitative estimate of drug-likeness (QED) is 0.732. The topological polar surface area (TPSA) is 60.5 Å². The van der Waals surface area contributed by atoms with E-state index in [0.717, 1.165) is 18.4 Å². The lowest BCUT2D eigenvalue weighted by Crippen LogP contribution is -2.29. The van der Waals surface area contributed by atoms with Crippen LogP contribution < -0.4 is 14.8 Å². The van der Waals surface area contributed by atoms with Crippen LogP contribution in [-0.4, -0.2) is 23.6 Å². The van der Waals surface area contributed by atoms with Crippen molar-refractivity contribution in [1.29, 1.82) is 0 Å². The first-order valence-electron chi connectivity index (χ1n) is 8.57. The largest absolute Gasteiger partial charge is 0.481 e. The normalized spacial score (nSPS) is 14.2. The summed E-state index contributed by atoms with van der Waals surface area (Å²) in [6, 6.07) is 8.08. The van der Waals surface area contributed by atoms with Crippen molar-refractivity contribution in [2.45, 2.75) is 38.3 Å². The van der Waals surface area contributed by atoms with Crippen LogP contribution in [0, 0.1) is 5.82 Å². The summed E-state index contributed by atoms with van der Waals surface area (Å²) in [7, 11) is 0. The Morgan fingerprint density at radius 1 is 1.31 bits per heavy atom. The van der Waals surface area contributed by atoms with Gasteiger partial charge in [0, 0.05) is 22.8 Å². The molecule has 0 bridgehead atoms. The second-order valence-corrected chi connectivity index (χ2v) is 7.05. The fourth-order valence-electron chi connectivity index (χ4n) is 2.81. The molecule has 138 valence electrons. The van der Waals surface area contributed by atoms with Gasteiger partial charge in [-0.05, 0) is 49.9 Å². The molecule has 26 heavy (non-hydrogen) atoms. The third-order valence-corrected chi connectivity index (χ3v) is 4.65. The van der Waals surface area contributed by atoms with E-state index in [2.05, 4.69) is 26.2 Å². The molecule has 0 spiro atoms. The molecule has 1 fully saturated rings. The average molecular weight is 423 g/mol. The summed E-state index contributed by atoms with van der Waals surface area (Å²) in [6.45, 7) is 0.0124. The number of pyridine rings is 1. The molecule has 0 radical (unpaired) electrons. The van der Waals surface area contributed by atoms with Gasteiger partial charge in [-0.15, -0.1) is 0 Å². The van der Waals surface area contributed by atoms with E-state index in [4.69, 9.17) is 9.47 Å². The second-order valence-electron chi connectivity index (χ2n) is 6.13. The summed E-state index contributed by atoms with van der Waals surface area (Å²) in [5, 5.41) is 2.75. The Hall–Kier alpha value is -2.15. The molecule has 1 aliphatic carbocycles. The molecule has 0 saturated heterocycles. The summed E-state index contributed by atoms with van der Waals surface area (Å²) in [4.78, 5) is 16.3.